The van der Waals surface area contributed by atoms with Crippen LogP contribution in [-0.4, -0.2) is 60.0 Å². The number of carbonyl (C=O) groups is 2. The molecule has 24 heavy (non-hydrogen) atoms. The molecule has 2 amide bonds. The molecular weight excluding hydrogens is 304 g/mol. The van der Waals surface area contributed by atoms with Crippen LogP contribution >= 0.6 is 0 Å². The average molecular weight is 334 g/mol. The fourth-order valence-electron chi connectivity index (χ4n) is 4.44. The summed E-state index contributed by atoms with van der Waals surface area (Å²) in [6.07, 6.45) is 9.34. The molecule has 0 aromatic heterocycles. The van der Waals surface area contributed by atoms with Crippen molar-refractivity contribution in [2.75, 3.05) is 26.3 Å². The lowest BCUT2D eigenvalue weighted by Gasteiger charge is -2.44. The minimum absolute atomic E-state index is 0.280. The van der Waals surface area contributed by atoms with Crippen molar-refractivity contribution in [1.82, 2.24) is 9.80 Å². The molecule has 0 spiro atoms. The Kier molecular flexibility index (Phi) is 4.79. The van der Waals surface area contributed by atoms with Crippen LogP contribution in [0.5, 0.6) is 0 Å². The third kappa shape index (κ3) is 3.32. The first-order chi connectivity index (χ1) is 11.7. The van der Waals surface area contributed by atoms with Crippen LogP contribution in [0.25, 0.3) is 0 Å². The highest BCUT2D eigenvalue weighted by molar-refractivity contribution is 5.82. The first-order valence-corrected chi connectivity index (χ1v) is 9.93. The number of amides is 2. The number of hydrogen-bond acceptors (Lipinski definition) is 3. The molecule has 2 saturated heterocycles. The van der Waals surface area contributed by atoms with E-state index in [2.05, 4.69) is 9.80 Å². The SMILES string of the molecule is O=C(C1CCC1)N1CCC(N(C(=O)C2CC2)C2CCOCC2)CC1. The lowest BCUT2D eigenvalue weighted by Crippen LogP contribution is -2.55. The van der Waals surface area contributed by atoms with E-state index in [9.17, 15) is 9.59 Å². The molecule has 0 radical (unpaired) electrons. The summed E-state index contributed by atoms with van der Waals surface area (Å²) in [5, 5.41) is 0. The van der Waals surface area contributed by atoms with Crippen molar-refractivity contribution in [2.24, 2.45) is 11.8 Å². The van der Waals surface area contributed by atoms with E-state index in [0.717, 1.165) is 77.7 Å². The smallest absolute Gasteiger partial charge is 0.226 e. The Morgan fingerprint density at radius 3 is 1.96 bits per heavy atom. The molecule has 0 aromatic rings. The second-order valence-electron chi connectivity index (χ2n) is 8.05. The number of piperidine rings is 1. The molecule has 2 heterocycles. The minimum atomic E-state index is 0.280. The van der Waals surface area contributed by atoms with Crippen LogP contribution in [0.15, 0.2) is 0 Å². The Labute approximate surface area is 144 Å². The van der Waals surface area contributed by atoms with E-state index in [1.807, 2.05) is 0 Å². The molecule has 4 fully saturated rings. The molecule has 5 nitrogen and oxygen atoms in total. The van der Waals surface area contributed by atoms with Gasteiger partial charge in [-0.3, -0.25) is 9.59 Å². The third-order valence-corrected chi connectivity index (χ3v) is 6.39. The summed E-state index contributed by atoms with van der Waals surface area (Å²) in [7, 11) is 0. The maximum absolute atomic E-state index is 12.9. The first-order valence-electron chi connectivity index (χ1n) is 9.93. The predicted octanol–water partition coefficient (Wildman–Crippen LogP) is 2.20. The maximum atomic E-state index is 12.9. The number of nitrogens with zero attached hydrogens (tertiary/aromatic N) is 2. The highest BCUT2D eigenvalue weighted by atomic mass is 16.5. The molecule has 0 aromatic carbocycles. The Morgan fingerprint density at radius 2 is 1.42 bits per heavy atom. The van der Waals surface area contributed by atoms with Gasteiger partial charge in [0.1, 0.15) is 0 Å². The topological polar surface area (TPSA) is 49.9 Å². The van der Waals surface area contributed by atoms with Crippen LogP contribution in [0.2, 0.25) is 0 Å². The molecule has 2 saturated carbocycles. The molecule has 4 rings (SSSR count). The summed E-state index contributed by atoms with van der Waals surface area (Å²) in [5.41, 5.74) is 0. The molecule has 5 heteroatoms. The summed E-state index contributed by atoms with van der Waals surface area (Å²) < 4.78 is 5.50. The van der Waals surface area contributed by atoms with Gasteiger partial charge in [-0.2, -0.15) is 0 Å². The van der Waals surface area contributed by atoms with Gasteiger partial charge in [-0.25, -0.2) is 0 Å². The van der Waals surface area contributed by atoms with Gasteiger partial charge >= 0.3 is 0 Å². The first kappa shape index (κ1) is 16.4. The molecule has 2 aliphatic carbocycles. The highest BCUT2D eigenvalue weighted by Gasteiger charge is 2.41. The number of likely N-dealkylation sites (tertiary alicyclic amines) is 1. The molecule has 0 N–H and O–H groups in total. The van der Waals surface area contributed by atoms with Crippen molar-refractivity contribution in [3.8, 4) is 0 Å². The largest absolute Gasteiger partial charge is 0.381 e. The van der Waals surface area contributed by atoms with E-state index in [4.69, 9.17) is 4.74 Å². The fraction of sp³-hybridized carbons (Fsp3) is 0.895. The van der Waals surface area contributed by atoms with Gasteiger partial charge in [-0.05, 0) is 51.4 Å². The fourth-order valence-corrected chi connectivity index (χ4v) is 4.44. The molecule has 2 aliphatic heterocycles. The Morgan fingerprint density at radius 1 is 0.792 bits per heavy atom. The van der Waals surface area contributed by atoms with E-state index >= 15 is 0 Å². The van der Waals surface area contributed by atoms with E-state index in [1.54, 1.807) is 0 Å². The van der Waals surface area contributed by atoms with Crippen LogP contribution in [0, 0.1) is 11.8 Å². The van der Waals surface area contributed by atoms with Crippen LogP contribution in [-0.2, 0) is 14.3 Å². The minimum Gasteiger partial charge on any atom is -0.381 e. The van der Waals surface area contributed by atoms with Gasteiger partial charge in [-0.15, -0.1) is 0 Å². The van der Waals surface area contributed by atoms with Crippen molar-refractivity contribution >= 4 is 11.8 Å². The molecule has 0 unspecified atom stereocenters. The van der Waals surface area contributed by atoms with E-state index in [1.165, 1.54) is 6.42 Å². The van der Waals surface area contributed by atoms with Crippen LogP contribution in [0.3, 0.4) is 0 Å². The van der Waals surface area contributed by atoms with Crippen molar-refractivity contribution in [3.63, 3.8) is 0 Å². The number of carbonyl (C=O) groups excluding carboxylic acids is 2. The Bertz CT molecular complexity index is 473. The summed E-state index contributed by atoms with van der Waals surface area (Å²) >= 11 is 0. The zero-order chi connectivity index (χ0) is 16.5. The van der Waals surface area contributed by atoms with Crippen molar-refractivity contribution in [1.29, 1.82) is 0 Å². The Hall–Kier alpha value is -1.10. The maximum Gasteiger partial charge on any atom is 0.226 e. The standard InChI is InChI=1S/C19H30N2O3/c22-18(14-2-1-3-14)20-10-6-16(7-11-20)21(19(23)15-4-5-15)17-8-12-24-13-9-17/h14-17H,1-13H2. The van der Waals surface area contributed by atoms with Crippen LogP contribution in [0.4, 0.5) is 0 Å². The lowest BCUT2D eigenvalue weighted by molar-refractivity contribution is -0.144. The van der Waals surface area contributed by atoms with Gasteiger partial charge in [0.25, 0.3) is 0 Å². The van der Waals surface area contributed by atoms with Crippen molar-refractivity contribution < 1.29 is 14.3 Å². The number of rotatable bonds is 4. The number of hydrogen-bond donors (Lipinski definition) is 0. The second-order valence-corrected chi connectivity index (χ2v) is 8.05. The quantitative estimate of drug-likeness (QED) is 0.792. The van der Waals surface area contributed by atoms with E-state index < -0.39 is 0 Å². The van der Waals surface area contributed by atoms with Gasteiger partial charge in [-0.1, -0.05) is 6.42 Å². The number of ether oxygens (including phenoxy) is 1. The van der Waals surface area contributed by atoms with E-state index in [-0.39, 0.29) is 5.92 Å². The van der Waals surface area contributed by atoms with Crippen LogP contribution < -0.4 is 0 Å². The second kappa shape index (κ2) is 7.03. The van der Waals surface area contributed by atoms with Gasteiger partial charge < -0.3 is 14.5 Å². The van der Waals surface area contributed by atoms with Crippen molar-refractivity contribution in [2.45, 2.75) is 69.9 Å². The molecule has 4 aliphatic rings. The molecule has 134 valence electrons. The monoisotopic (exact) mass is 334 g/mol. The van der Waals surface area contributed by atoms with Crippen LogP contribution in [0.1, 0.15) is 57.8 Å². The van der Waals surface area contributed by atoms with Gasteiger partial charge in [0.15, 0.2) is 0 Å². The summed E-state index contributed by atoms with van der Waals surface area (Å²) in [6.45, 7) is 3.21. The highest BCUT2D eigenvalue weighted by Crippen LogP contribution is 2.36. The van der Waals surface area contributed by atoms with Gasteiger partial charge in [0.05, 0.1) is 0 Å². The zero-order valence-electron chi connectivity index (χ0n) is 14.6. The van der Waals surface area contributed by atoms with Gasteiger partial charge in [0.2, 0.25) is 11.8 Å². The lowest BCUT2D eigenvalue weighted by atomic mass is 9.84. The van der Waals surface area contributed by atoms with Crippen molar-refractivity contribution in [3.05, 3.63) is 0 Å². The molecule has 0 bridgehead atoms. The average Bonchev–Trinajstić information content (AvgIpc) is 3.40. The van der Waals surface area contributed by atoms with Gasteiger partial charge in [0, 0.05) is 50.2 Å². The normalized spacial score (nSPS) is 26.9. The third-order valence-electron chi connectivity index (χ3n) is 6.39. The zero-order valence-corrected chi connectivity index (χ0v) is 14.6. The summed E-state index contributed by atoms with van der Waals surface area (Å²) in [5.74, 6) is 1.32. The summed E-state index contributed by atoms with van der Waals surface area (Å²) in [6, 6.07) is 0.678. The van der Waals surface area contributed by atoms with E-state index in [0.29, 0.717) is 29.8 Å². The summed E-state index contributed by atoms with van der Waals surface area (Å²) in [4.78, 5) is 29.6. The Balaban J connectivity index is 1.38. The molecule has 0 atom stereocenters. The molecular formula is C19H30N2O3. The predicted molar refractivity (Wildman–Crippen MR) is 90.4 cm³/mol.